The molecule has 2 amide bonds. The SMILES string of the molecule is CC(=O)N1c2ccc(-c3cnn(CCO)c3)c(OCC[C@H]3CCC(=O)N3)c2CC[C@@H]1C. The van der Waals surface area contributed by atoms with Crippen LogP contribution >= 0.6 is 0 Å². The number of fused-ring (bicyclic) bond motifs is 1. The molecule has 166 valence electrons. The Balaban J connectivity index is 1.67. The van der Waals surface area contributed by atoms with Gasteiger partial charge in [0.05, 0.1) is 31.6 Å². The van der Waals surface area contributed by atoms with Crippen molar-refractivity contribution < 1.29 is 19.4 Å². The highest BCUT2D eigenvalue weighted by atomic mass is 16.5. The van der Waals surface area contributed by atoms with Gasteiger partial charge in [-0.15, -0.1) is 0 Å². The van der Waals surface area contributed by atoms with Crippen LogP contribution in [0.15, 0.2) is 24.5 Å². The van der Waals surface area contributed by atoms with Crippen LogP contribution in [0.2, 0.25) is 0 Å². The monoisotopic (exact) mass is 426 g/mol. The maximum atomic E-state index is 12.3. The molecule has 2 aliphatic heterocycles. The van der Waals surface area contributed by atoms with Crippen molar-refractivity contribution in [3.05, 3.63) is 30.1 Å². The Morgan fingerprint density at radius 1 is 1.32 bits per heavy atom. The second kappa shape index (κ2) is 9.09. The molecule has 1 fully saturated rings. The number of carbonyl (C=O) groups is 2. The van der Waals surface area contributed by atoms with E-state index >= 15 is 0 Å². The summed E-state index contributed by atoms with van der Waals surface area (Å²) >= 11 is 0. The Labute approximate surface area is 182 Å². The predicted molar refractivity (Wildman–Crippen MR) is 117 cm³/mol. The number of aliphatic hydroxyl groups is 1. The molecule has 2 atom stereocenters. The molecule has 31 heavy (non-hydrogen) atoms. The maximum Gasteiger partial charge on any atom is 0.224 e. The highest BCUT2D eigenvalue weighted by molar-refractivity contribution is 5.95. The fourth-order valence-corrected chi connectivity index (χ4v) is 4.60. The third-order valence-electron chi connectivity index (χ3n) is 6.16. The number of hydrogen-bond donors (Lipinski definition) is 2. The van der Waals surface area contributed by atoms with Gasteiger partial charge in [-0.2, -0.15) is 5.10 Å². The fourth-order valence-electron chi connectivity index (χ4n) is 4.60. The minimum absolute atomic E-state index is 0.0211. The van der Waals surface area contributed by atoms with Crippen molar-refractivity contribution in [1.29, 1.82) is 0 Å². The van der Waals surface area contributed by atoms with Gasteiger partial charge in [-0.05, 0) is 38.3 Å². The van der Waals surface area contributed by atoms with Crippen molar-refractivity contribution in [3.8, 4) is 16.9 Å². The van der Waals surface area contributed by atoms with Crippen molar-refractivity contribution in [2.45, 2.75) is 64.6 Å². The zero-order valence-electron chi connectivity index (χ0n) is 18.1. The van der Waals surface area contributed by atoms with Gasteiger partial charge in [0.1, 0.15) is 5.75 Å². The highest BCUT2D eigenvalue weighted by Gasteiger charge is 2.30. The Bertz CT molecular complexity index is 970. The van der Waals surface area contributed by atoms with Crippen LogP contribution < -0.4 is 15.0 Å². The van der Waals surface area contributed by atoms with E-state index in [2.05, 4.69) is 17.3 Å². The Morgan fingerprint density at radius 2 is 2.16 bits per heavy atom. The van der Waals surface area contributed by atoms with Crippen LogP contribution in [-0.2, 0) is 22.6 Å². The van der Waals surface area contributed by atoms with Crippen LogP contribution in [0.3, 0.4) is 0 Å². The van der Waals surface area contributed by atoms with E-state index in [1.165, 1.54) is 0 Å². The molecule has 2 aliphatic rings. The molecule has 0 bridgehead atoms. The van der Waals surface area contributed by atoms with E-state index < -0.39 is 0 Å². The number of rotatable bonds is 7. The number of nitrogens with zero attached hydrogens (tertiary/aromatic N) is 3. The number of nitrogens with one attached hydrogen (secondary N) is 1. The highest BCUT2D eigenvalue weighted by Crippen LogP contribution is 2.43. The largest absolute Gasteiger partial charge is 0.492 e. The van der Waals surface area contributed by atoms with Crippen molar-refractivity contribution in [2.75, 3.05) is 18.1 Å². The lowest BCUT2D eigenvalue weighted by Gasteiger charge is -2.36. The first-order valence-corrected chi connectivity index (χ1v) is 11.0. The van der Waals surface area contributed by atoms with Gasteiger partial charge in [0.25, 0.3) is 0 Å². The van der Waals surface area contributed by atoms with Crippen LogP contribution in [0.5, 0.6) is 5.75 Å². The smallest absolute Gasteiger partial charge is 0.224 e. The third kappa shape index (κ3) is 4.44. The summed E-state index contributed by atoms with van der Waals surface area (Å²) in [5.41, 5.74) is 3.78. The van der Waals surface area contributed by atoms with Crippen LogP contribution in [0.4, 0.5) is 5.69 Å². The van der Waals surface area contributed by atoms with Gasteiger partial charge >= 0.3 is 0 Å². The molecular formula is C23H30N4O4. The maximum absolute atomic E-state index is 12.3. The van der Waals surface area contributed by atoms with E-state index in [9.17, 15) is 14.7 Å². The lowest BCUT2D eigenvalue weighted by atomic mass is 9.92. The number of carbonyl (C=O) groups excluding carboxylic acids is 2. The Morgan fingerprint density at radius 3 is 2.87 bits per heavy atom. The summed E-state index contributed by atoms with van der Waals surface area (Å²) < 4.78 is 8.05. The number of ether oxygens (including phenoxy) is 1. The molecule has 0 unspecified atom stereocenters. The fraction of sp³-hybridized carbons (Fsp3) is 0.522. The number of benzene rings is 1. The zero-order valence-corrected chi connectivity index (χ0v) is 18.1. The van der Waals surface area contributed by atoms with Crippen molar-refractivity contribution in [1.82, 2.24) is 15.1 Å². The van der Waals surface area contributed by atoms with Gasteiger partial charge in [-0.3, -0.25) is 14.3 Å². The molecule has 8 heteroatoms. The van der Waals surface area contributed by atoms with E-state index in [0.29, 0.717) is 19.6 Å². The molecule has 1 aromatic carbocycles. The minimum atomic E-state index is 0.0211. The lowest BCUT2D eigenvalue weighted by molar-refractivity contribution is -0.119. The molecule has 8 nitrogen and oxygen atoms in total. The van der Waals surface area contributed by atoms with Gasteiger partial charge in [0.15, 0.2) is 0 Å². The zero-order chi connectivity index (χ0) is 22.0. The van der Waals surface area contributed by atoms with Crippen LogP contribution in [0, 0.1) is 0 Å². The second-order valence-electron chi connectivity index (χ2n) is 8.37. The van der Waals surface area contributed by atoms with Gasteiger partial charge in [0.2, 0.25) is 11.8 Å². The molecule has 0 radical (unpaired) electrons. The average Bonchev–Trinajstić information content (AvgIpc) is 3.36. The number of aromatic nitrogens is 2. The van der Waals surface area contributed by atoms with Crippen molar-refractivity contribution in [2.24, 2.45) is 0 Å². The molecule has 0 saturated carbocycles. The van der Waals surface area contributed by atoms with Crippen molar-refractivity contribution >= 4 is 17.5 Å². The average molecular weight is 427 g/mol. The number of anilines is 1. The van der Waals surface area contributed by atoms with E-state index in [-0.39, 0.29) is 30.5 Å². The van der Waals surface area contributed by atoms with Gasteiger partial charge in [-0.25, -0.2) is 0 Å². The topological polar surface area (TPSA) is 96.7 Å². The molecule has 1 saturated heterocycles. The summed E-state index contributed by atoms with van der Waals surface area (Å²) in [4.78, 5) is 25.7. The molecule has 3 heterocycles. The molecule has 0 spiro atoms. The van der Waals surface area contributed by atoms with E-state index in [0.717, 1.165) is 53.8 Å². The summed E-state index contributed by atoms with van der Waals surface area (Å²) in [6, 6.07) is 4.27. The summed E-state index contributed by atoms with van der Waals surface area (Å²) in [6.07, 6.45) is 7.53. The molecule has 1 aromatic heterocycles. The number of hydrogen-bond acceptors (Lipinski definition) is 5. The number of aliphatic hydroxyl groups excluding tert-OH is 1. The molecule has 4 rings (SSSR count). The number of amides is 2. The Hall–Kier alpha value is -2.87. The second-order valence-corrected chi connectivity index (χ2v) is 8.37. The normalized spacial score (nSPS) is 20.5. The molecule has 2 aromatic rings. The first-order chi connectivity index (χ1) is 15.0. The summed E-state index contributed by atoms with van der Waals surface area (Å²) in [5.74, 6) is 0.908. The standard InChI is InChI=1S/C23H30N4O4/c1-15-3-5-20-21(27(15)16(2)29)7-6-19(17-13-24-26(14-17)10-11-28)23(20)31-12-9-18-4-8-22(30)25-18/h6-7,13-15,18,28H,3-5,8-12H2,1-2H3,(H,25,30)/t15-,18+/m0/s1. The van der Waals surface area contributed by atoms with Crippen molar-refractivity contribution in [3.63, 3.8) is 0 Å². The molecule has 2 N–H and O–H groups in total. The van der Waals surface area contributed by atoms with Gasteiger partial charge < -0.3 is 20.1 Å². The molecular weight excluding hydrogens is 396 g/mol. The minimum Gasteiger partial charge on any atom is -0.492 e. The molecule has 0 aliphatic carbocycles. The Kier molecular flexibility index (Phi) is 6.27. The van der Waals surface area contributed by atoms with Gasteiger partial charge in [0, 0.05) is 54.7 Å². The van der Waals surface area contributed by atoms with Crippen LogP contribution in [0.25, 0.3) is 11.1 Å². The lowest BCUT2D eigenvalue weighted by Crippen LogP contribution is -2.40. The summed E-state index contributed by atoms with van der Waals surface area (Å²) in [6.45, 7) is 4.60. The first-order valence-electron chi connectivity index (χ1n) is 11.0. The van der Waals surface area contributed by atoms with Crippen LogP contribution in [-0.4, -0.2) is 52.0 Å². The third-order valence-corrected chi connectivity index (χ3v) is 6.16. The van der Waals surface area contributed by atoms with E-state index in [1.54, 1.807) is 17.8 Å². The predicted octanol–water partition coefficient (Wildman–Crippen LogP) is 2.28. The van der Waals surface area contributed by atoms with Gasteiger partial charge in [-0.1, -0.05) is 0 Å². The summed E-state index contributed by atoms with van der Waals surface area (Å²) in [7, 11) is 0. The van der Waals surface area contributed by atoms with Crippen LogP contribution in [0.1, 0.15) is 45.1 Å². The first kappa shape index (κ1) is 21.4. The quantitative estimate of drug-likeness (QED) is 0.708. The van der Waals surface area contributed by atoms with E-state index in [4.69, 9.17) is 4.74 Å². The van der Waals surface area contributed by atoms with E-state index in [1.807, 2.05) is 23.2 Å². The summed E-state index contributed by atoms with van der Waals surface area (Å²) in [5, 5.41) is 16.5.